The molecule has 0 aliphatic carbocycles. The molecule has 0 spiro atoms. The summed E-state index contributed by atoms with van der Waals surface area (Å²) in [5.41, 5.74) is 0. The van der Waals surface area contributed by atoms with E-state index < -0.39 is 10.0 Å². The highest BCUT2D eigenvalue weighted by Crippen LogP contribution is 2.24. The summed E-state index contributed by atoms with van der Waals surface area (Å²) in [5, 5.41) is 5.81. The standard InChI is InChI=1S/C15H26N2O2S2/c1-3-12-21(18,19)17-9-7-13(8-10-17)16-14(4-2)15-6-5-11-20-15/h5-6,11,13-14,16H,3-4,7-10,12H2,1-2H3. The first-order valence-electron chi connectivity index (χ1n) is 7.84. The van der Waals surface area contributed by atoms with Gasteiger partial charge in [-0.3, -0.25) is 0 Å². The predicted octanol–water partition coefficient (Wildman–Crippen LogP) is 2.99. The van der Waals surface area contributed by atoms with Gasteiger partial charge in [-0.05, 0) is 37.1 Å². The topological polar surface area (TPSA) is 49.4 Å². The van der Waals surface area contributed by atoms with E-state index in [4.69, 9.17) is 0 Å². The number of nitrogens with one attached hydrogen (secondary N) is 1. The summed E-state index contributed by atoms with van der Waals surface area (Å²) in [6.45, 7) is 5.42. The van der Waals surface area contributed by atoms with Gasteiger partial charge in [0.2, 0.25) is 10.0 Å². The van der Waals surface area contributed by atoms with E-state index in [0.29, 0.717) is 31.6 Å². The fraction of sp³-hybridized carbons (Fsp3) is 0.733. The monoisotopic (exact) mass is 330 g/mol. The van der Waals surface area contributed by atoms with Gasteiger partial charge in [-0.15, -0.1) is 11.3 Å². The number of rotatable bonds is 7. The third-order valence-corrected chi connectivity index (χ3v) is 7.10. The molecular formula is C15H26N2O2S2. The Bertz CT molecular complexity index is 506. The van der Waals surface area contributed by atoms with Crippen LogP contribution < -0.4 is 5.32 Å². The molecule has 0 saturated carbocycles. The molecule has 1 aromatic rings. The van der Waals surface area contributed by atoms with Gasteiger partial charge in [0.1, 0.15) is 0 Å². The van der Waals surface area contributed by atoms with E-state index >= 15 is 0 Å². The predicted molar refractivity (Wildman–Crippen MR) is 89.2 cm³/mol. The van der Waals surface area contributed by atoms with Crippen LogP contribution in [0.25, 0.3) is 0 Å². The van der Waals surface area contributed by atoms with Crippen LogP contribution >= 0.6 is 11.3 Å². The molecule has 1 N–H and O–H groups in total. The average Bonchev–Trinajstić information content (AvgIpc) is 2.99. The van der Waals surface area contributed by atoms with Gasteiger partial charge in [0.05, 0.1) is 5.75 Å². The van der Waals surface area contributed by atoms with Crippen LogP contribution in [0.4, 0.5) is 0 Å². The van der Waals surface area contributed by atoms with Gasteiger partial charge in [0.25, 0.3) is 0 Å². The normalized spacial score (nSPS) is 19.7. The molecule has 1 atom stereocenters. The average molecular weight is 331 g/mol. The second-order valence-corrected chi connectivity index (χ2v) is 8.70. The van der Waals surface area contributed by atoms with Gasteiger partial charge < -0.3 is 5.32 Å². The summed E-state index contributed by atoms with van der Waals surface area (Å²) in [6.07, 6.45) is 3.57. The smallest absolute Gasteiger partial charge is 0.214 e. The quantitative estimate of drug-likeness (QED) is 0.836. The lowest BCUT2D eigenvalue weighted by atomic mass is 10.0. The molecule has 2 heterocycles. The van der Waals surface area contributed by atoms with Crippen molar-refractivity contribution in [2.24, 2.45) is 0 Å². The van der Waals surface area contributed by atoms with Gasteiger partial charge in [-0.1, -0.05) is 19.9 Å². The van der Waals surface area contributed by atoms with Crippen molar-refractivity contribution < 1.29 is 8.42 Å². The molecule has 0 aromatic carbocycles. The Kier molecular flexibility index (Phi) is 6.22. The minimum atomic E-state index is -3.03. The summed E-state index contributed by atoms with van der Waals surface area (Å²) in [7, 11) is -3.03. The molecule has 6 heteroatoms. The van der Waals surface area contributed by atoms with Crippen molar-refractivity contribution in [3.63, 3.8) is 0 Å². The van der Waals surface area contributed by atoms with E-state index in [1.807, 2.05) is 6.92 Å². The Hall–Kier alpha value is -0.430. The van der Waals surface area contributed by atoms with Crippen molar-refractivity contribution in [1.82, 2.24) is 9.62 Å². The van der Waals surface area contributed by atoms with Crippen LogP contribution in [0.15, 0.2) is 17.5 Å². The Morgan fingerprint density at radius 1 is 1.38 bits per heavy atom. The Labute approximate surface area is 132 Å². The van der Waals surface area contributed by atoms with Gasteiger partial charge in [0.15, 0.2) is 0 Å². The van der Waals surface area contributed by atoms with Crippen LogP contribution in [-0.4, -0.2) is 37.6 Å². The highest BCUT2D eigenvalue weighted by Gasteiger charge is 2.28. The van der Waals surface area contributed by atoms with Crippen molar-refractivity contribution in [1.29, 1.82) is 0 Å². The zero-order chi connectivity index (χ0) is 15.3. The van der Waals surface area contributed by atoms with Gasteiger partial charge in [-0.2, -0.15) is 0 Å². The third-order valence-electron chi connectivity index (χ3n) is 4.04. The minimum absolute atomic E-state index is 0.276. The molecule has 1 unspecified atom stereocenters. The van der Waals surface area contributed by atoms with Crippen molar-refractivity contribution in [2.45, 2.75) is 51.6 Å². The lowest BCUT2D eigenvalue weighted by Gasteiger charge is -2.33. The molecule has 1 saturated heterocycles. The summed E-state index contributed by atoms with van der Waals surface area (Å²) in [6, 6.07) is 5.08. The van der Waals surface area contributed by atoms with Crippen LogP contribution in [0.2, 0.25) is 0 Å². The van der Waals surface area contributed by atoms with Gasteiger partial charge in [0, 0.05) is 30.1 Å². The number of nitrogens with zero attached hydrogens (tertiary/aromatic N) is 1. The second-order valence-electron chi connectivity index (χ2n) is 5.63. The molecule has 21 heavy (non-hydrogen) atoms. The fourth-order valence-electron chi connectivity index (χ4n) is 2.86. The molecular weight excluding hydrogens is 304 g/mol. The molecule has 1 aliphatic heterocycles. The number of hydrogen-bond donors (Lipinski definition) is 1. The van der Waals surface area contributed by atoms with Gasteiger partial charge >= 0.3 is 0 Å². The first-order valence-corrected chi connectivity index (χ1v) is 10.3. The van der Waals surface area contributed by atoms with Crippen molar-refractivity contribution in [2.75, 3.05) is 18.8 Å². The SMILES string of the molecule is CCCS(=O)(=O)N1CCC(NC(CC)c2cccs2)CC1. The first kappa shape index (κ1) is 16.9. The molecule has 0 bridgehead atoms. The maximum Gasteiger partial charge on any atom is 0.214 e. The van der Waals surface area contributed by atoms with Crippen molar-refractivity contribution in [3.8, 4) is 0 Å². The minimum Gasteiger partial charge on any atom is -0.306 e. The fourth-order valence-corrected chi connectivity index (χ4v) is 5.27. The lowest BCUT2D eigenvalue weighted by Crippen LogP contribution is -2.46. The van der Waals surface area contributed by atoms with E-state index in [0.717, 1.165) is 19.3 Å². The molecule has 1 fully saturated rings. The number of hydrogen-bond acceptors (Lipinski definition) is 4. The van der Waals surface area contributed by atoms with Crippen molar-refractivity contribution >= 4 is 21.4 Å². The Morgan fingerprint density at radius 2 is 2.10 bits per heavy atom. The van der Waals surface area contributed by atoms with E-state index in [1.165, 1.54) is 4.88 Å². The third kappa shape index (κ3) is 4.52. The zero-order valence-electron chi connectivity index (χ0n) is 12.9. The highest BCUT2D eigenvalue weighted by atomic mass is 32.2. The van der Waals surface area contributed by atoms with Crippen LogP contribution in [-0.2, 0) is 10.0 Å². The van der Waals surface area contributed by atoms with Crippen LogP contribution in [0.5, 0.6) is 0 Å². The number of sulfonamides is 1. The summed E-state index contributed by atoms with van der Waals surface area (Å²) >= 11 is 1.79. The van der Waals surface area contributed by atoms with Crippen LogP contribution in [0, 0.1) is 0 Å². The molecule has 4 nitrogen and oxygen atoms in total. The van der Waals surface area contributed by atoms with E-state index in [1.54, 1.807) is 15.6 Å². The molecule has 2 rings (SSSR count). The van der Waals surface area contributed by atoms with Gasteiger partial charge in [-0.25, -0.2) is 12.7 Å². The largest absolute Gasteiger partial charge is 0.306 e. The van der Waals surface area contributed by atoms with Crippen molar-refractivity contribution in [3.05, 3.63) is 22.4 Å². The Balaban J connectivity index is 1.86. The van der Waals surface area contributed by atoms with E-state index in [2.05, 4.69) is 29.8 Å². The zero-order valence-corrected chi connectivity index (χ0v) is 14.5. The number of piperidine rings is 1. The van der Waals surface area contributed by atoms with E-state index in [9.17, 15) is 8.42 Å². The van der Waals surface area contributed by atoms with Crippen LogP contribution in [0.1, 0.15) is 50.4 Å². The maximum absolute atomic E-state index is 12.1. The lowest BCUT2D eigenvalue weighted by molar-refractivity contribution is 0.272. The molecule has 0 amide bonds. The number of thiophene rings is 1. The maximum atomic E-state index is 12.1. The summed E-state index contributed by atoms with van der Waals surface area (Å²) in [4.78, 5) is 1.37. The van der Waals surface area contributed by atoms with Crippen LogP contribution in [0.3, 0.4) is 0 Å². The molecule has 120 valence electrons. The highest BCUT2D eigenvalue weighted by molar-refractivity contribution is 7.89. The summed E-state index contributed by atoms with van der Waals surface area (Å²) < 4.78 is 25.8. The molecule has 1 aromatic heterocycles. The first-order chi connectivity index (χ1) is 10.1. The second kappa shape index (κ2) is 7.72. The molecule has 0 radical (unpaired) electrons. The summed E-state index contributed by atoms with van der Waals surface area (Å²) in [5.74, 6) is 0.276. The Morgan fingerprint density at radius 3 is 2.62 bits per heavy atom. The molecule has 1 aliphatic rings. The van der Waals surface area contributed by atoms with E-state index in [-0.39, 0.29) is 5.75 Å².